The summed E-state index contributed by atoms with van der Waals surface area (Å²) in [4.78, 5) is 2.35. The van der Waals surface area contributed by atoms with Crippen LogP contribution < -0.4 is 14.8 Å². The van der Waals surface area contributed by atoms with Crippen molar-refractivity contribution in [1.82, 2.24) is 10.2 Å². The molecule has 0 amide bonds. The molecule has 0 aromatic heterocycles. The molecule has 5 heteroatoms. The van der Waals surface area contributed by atoms with Crippen LogP contribution in [0.15, 0.2) is 48.5 Å². The molecule has 0 spiro atoms. The summed E-state index contributed by atoms with van der Waals surface area (Å²) in [5, 5.41) is 4.60. The minimum absolute atomic E-state index is 0.199. The van der Waals surface area contributed by atoms with Gasteiger partial charge in [0.1, 0.15) is 0 Å². The molecule has 4 nitrogen and oxygen atoms in total. The van der Waals surface area contributed by atoms with E-state index in [-0.39, 0.29) is 6.04 Å². The fourth-order valence-corrected chi connectivity index (χ4v) is 4.94. The van der Waals surface area contributed by atoms with Crippen molar-refractivity contribution in [2.24, 2.45) is 0 Å². The van der Waals surface area contributed by atoms with E-state index in [0.717, 1.165) is 29.6 Å². The highest BCUT2D eigenvalue weighted by molar-refractivity contribution is 7.80. The molecule has 1 fully saturated rings. The molecular weight excluding hydrogens is 416 g/mol. The zero-order valence-electron chi connectivity index (χ0n) is 19.8. The lowest BCUT2D eigenvalue weighted by molar-refractivity contribution is 0.322. The zero-order valence-corrected chi connectivity index (χ0v) is 20.6. The Bertz CT molecular complexity index is 835. The monoisotopic (exact) mass is 454 g/mol. The van der Waals surface area contributed by atoms with E-state index < -0.39 is 0 Å². The van der Waals surface area contributed by atoms with Gasteiger partial charge in [0.25, 0.3) is 0 Å². The van der Waals surface area contributed by atoms with Crippen molar-refractivity contribution in [2.45, 2.75) is 70.4 Å². The van der Waals surface area contributed by atoms with E-state index in [1.165, 1.54) is 56.1 Å². The minimum atomic E-state index is 0.199. The first-order valence-electron chi connectivity index (χ1n) is 12.0. The maximum atomic E-state index is 5.98. The molecule has 1 atom stereocenters. The van der Waals surface area contributed by atoms with E-state index in [1.54, 1.807) is 14.2 Å². The molecule has 1 N–H and O–H groups in total. The summed E-state index contributed by atoms with van der Waals surface area (Å²) in [6.45, 7) is 3.08. The van der Waals surface area contributed by atoms with Crippen LogP contribution >= 0.6 is 12.2 Å². The SMILES string of the molecule is COc1ccc(CCN(C(=S)NC2CCCCCCC2)C(C)c2ccccc2)cc1OC. The predicted octanol–water partition coefficient (Wildman–Crippen LogP) is 6.30. The third kappa shape index (κ3) is 6.86. The highest BCUT2D eigenvalue weighted by Crippen LogP contribution is 2.28. The molecule has 1 aliphatic rings. The molecule has 3 rings (SSSR count). The number of hydrogen-bond acceptors (Lipinski definition) is 3. The zero-order chi connectivity index (χ0) is 22.8. The van der Waals surface area contributed by atoms with Gasteiger partial charge in [-0.3, -0.25) is 0 Å². The summed E-state index contributed by atoms with van der Waals surface area (Å²) < 4.78 is 10.9. The van der Waals surface area contributed by atoms with Gasteiger partial charge in [0.2, 0.25) is 0 Å². The molecular formula is C27H38N2O2S. The van der Waals surface area contributed by atoms with Gasteiger partial charge in [-0.05, 0) is 61.7 Å². The summed E-state index contributed by atoms with van der Waals surface area (Å²) >= 11 is 5.98. The molecule has 1 saturated carbocycles. The van der Waals surface area contributed by atoms with Gasteiger partial charge in [0.15, 0.2) is 16.6 Å². The van der Waals surface area contributed by atoms with Crippen LogP contribution in [-0.2, 0) is 6.42 Å². The summed E-state index contributed by atoms with van der Waals surface area (Å²) in [6.07, 6.45) is 9.94. The third-order valence-electron chi connectivity index (χ3n) is 6.53. The maximum Gasteiger partial charge on any atom is 0.169 e. The Balaban J connectivity index is 1.73. The second-order valence-electron chi connectivity index (χ2n) is 8.71. The molecule has 0 saturated heterocycles. The summed E-state index contributed by atoms with van der Waals surface area (Å²) in [6, 6.07) is 17.5. The van der Waals surface area contributed by atoms with E-state index in [4.69, 9.17) is 21.7 Å². The molecule has 2 aromatic carbocycles. The van der Waals surface area contributed by atoms with Crippen molar-refractivity contribution in [3.05, 3.63) is 59.7 Å². The number of hydrogen-bond donors (Lipinski definition) is 1. The maximum absolute atomic E-state index is 5.98. The Morgan fingerprint density at radius 3 is 2.28 bits per heavy atom. The smallest absolute Gasteiger partial charge is 0.169 e. The van der Waals surface area contributed by atoms with Crippen LogP contribution in [0.4, 0.5) is 0 Å². The van der Waals surface area contributed by atoms with Crippen molar-refractivity contribution in [1.29, 1.82) is 0 Å². The molecule has 2 aromatic rings. The number of benzene rings is 2. The van der Waals surface area contributed by atoms with Crippen molar-refractivity contribution in [3.63, 3.8) is 0 Å². The van der Waals surface area contributed by atoms with Crippen LogP contribution in [0.25, 0.3) is 0 Å². The van der Waals surface area contributed by atoms with Crippen molar-refractivity contribution in [2.75, 3.05) is 20.8 Å². The molecule has 1 unspecified atom stereocenters. The van der Waals surface area contributed by atoms with Crippen LogP contribution in [0.3, 0.4) is 0 Å². The first-order chi connectivity index (χ1) is 15.6. The van der Waals surface area contributed by atoms with Gasteiger partial charge < -0.3 is 19.7 Å². The van der Waals surface area contributed by atoms with E-state index in [1.807, 2.05) is 6.07 Å². The van der Waals surface area contributed by atoms with Crippen LogP contribution in [0.5, 0.6) is 11.5 Å². The number of methoxy groups -OCH3 is 2. The van der Waals surface area contributed by atoms with Gasteiger partial charge in [-0.15, -0.1) is 0 Å². The fourth-order valence-electron chi connectivity index (χ4n) is 4.53. The number of thiocarbonyl (C=S) groups is 1. The lowest BCUT2D eigenvalue weighted by atomic mass is 9.97. The fraction of sp³-hybridized carbons (Fsp3) is 0.519. The van der Waals surface area contributed by atoms with Crippen LogP contribution in [0, 0.1) is 0 Å². The van der Waals surface area contributed by atoms with Crippen molar-refractivity contribution < 1.29 is 9.47 Å². The van der Waals surface area contributed by atoms with Gasteiger partial charge in [0, 0.05) is 12.6 Å². The van der Waals surface area contributed by atoms with Gasteiger partial charge in [-0.1, -0.05) is 68.5 Å². The minimum Gasteiger partial charge on any atom is -0.493 e. The Kier molecular flexibility index (Phi) is 9.66. The first-order valence-corrected chi connectivity index (χ1v) is 12.4. The molecule has 1 aliphatic carbocycles. The highest BCUT2D eigenvalue weighted by Gasteiger charge is 2.21. The number of ether oxygens (including phenoxy) is 2. The van der Waals surface area contributed by atoms with Gasteiger partial charge in [-0.2, -0.15) is 0 Å². The third-order valence-corrected chi connectivity index (χ3v) is 6.88. The Morgan fingerprint density at radius 2 is 1.62 bits per heavy atom. The Morgan fingerprint density at radius 1 is 0.969 bits per heavy atom. The average Bonchev–Trinajstić information content (AvgIpc) is 2.81. The van der Waals surface area contributed by atoms with Gasteiger partial charge in [0.05, 0.1) is 20.3 Å². The first kappa shape index (κ1) is 24.4. The molecule has 0 aliphatic heterocycles. The summed E-state index contributed by atoms with van der Waals surface area (Å²) in [5.74, 6) is 1.52. The summed E-state index contributed by atoms with van der Waals surface area (Å²) in [5.41, 5.74) is 2.49. The Labute approximate surface area is 199 Å². The lowest BCUT2D eigenvalue weighted by Crippen LogP contribution is -2.46. The standard InChI is InChI=1S/C27H38N2O2S/c1-21(23-12-8-7-9-13-23)29(27(32)28-24-14-10-5-4-6-11-15-24)19-18-22-16-17-25(30-2)26(20-22)31-3/h7-9,12-13,16-17,20-21,24H,4-6,10-11,14-15,18-19H2,1-3H3,(H,28,32). The molecule has 0 radical (unpaired) electrons. The Hall–Kier alpha value is -2.27. The quantitative estimate of drug-likeness (QED) is 0.474. The summed E-state index contributed by atoms with van der Waals surface area (Å²) in [7, 11) is 3.35. The molecule has 0 bridgehead atoms. The van der Waals surface area contributed by atoms with Gasteiger partial charge in [-0.25, -0.2) is 0 Å². The number of rotatable bonds is 8. The van der Waals surface area contributed by atoms with E-state index in [0.29, 0.717) is 6.04 Å². The van der Waals surface area contributed by atoms with E-state index in [2.05, 4.69) is 59.6 Å². The molecule has 32 heavy (non-hydrogen) atoms. The number of nitrogens with one attached hydrogen (secondary N) is 1. The van der Waals surface area contributed by atoms with E-state index in [9.17, 15) is 0 Å². The molecule has 0 heterocycles. The van der Waals surface area contributed by atoms with Crippen LogP contribution in [0.2, 0.25) is 0 Å². The van der Waals surface area contributed by atoms with Crippen molar-refractivity contribution in [3.8, 4) is 11.5 Å². The predicted molar refractivity (Wildman–Crippen MR) is 137 cm³/mol. The highest BCUT2D eigenvalue weighted by atomic mass is 32.1. The second kappa shape index (κ2) is 12.7. The number of nitrogens with zero attached hydrogens (tertiary/aromatic N) is 1. The van der Waals surface area contributed by atoms with E-state index >= 15 is 0 Å². The van der Waals surface area contributed by atoms with Crippen LogP contribution in [-0.4, -0.2) is 36.8 Å². The second-order valence-corrected chi connectivity index (χ2v) is 9.10. The largest absolute Gasteiger partial charge is 0.493 e. The van der Waals surface area contributed by atoms with Crippen molar-refractivity contribution >= 4 is 17.3 Å². The average molecular weight is 455 g/mol. The normalized spacial score (nSPS) is 15.8. The lowest BCUT2D eigenvalue weighted by Gasteiger charge is -2.35. The van der Waals surface area contributed by atoms with Gasteiger partial charge >= 0.3 is 0 Å². The molecule has 174 valence electrons. The topological polar surface area (TPSA) is 33.7 Å². The van der Waals surface area contributed by atoms with Crippen LogP contribution in [0.1, 0.15) is 69.0 Å².